The Hall–Kier alpha value is -2.94. The highest BCUT2D eigenvalue weighted by Gasteiger charge is 2.33. The normalized spacial score (nSPS) is 15.0. The van der Waals surface area contributed by atoms with Gasteiger partial charge in [0.2, 0.25) is 0 Å². The average Bonchev–Trinajstić information content (AvgIpc) is 3.44. The van der Waals surface area contributed by atoms with Gasteiger partial charge in [-0.05, 0) is 42.5 Å². The maximum Gasteiger partial charge on any atom is 0.573 e. The first kappa shape index (κ1) is 21.3. The lowest BCUT2D eigenvalue weighted by Gasteiger charge is -2.14. The van der Waals surface area contributed by atoms with Gasteiger partial charge in [-0.15, -0.1) is 13.2 Å². The van der Waals surface area contributed by atoms with Crippen molar-refractivity contribution in [2.45, 2.75) is 36.4 Å². The maximum atomic E-state index is 13.2. The molecule has 0 saturated heterocycles. The van der Waals surface area contributed by atoms with Crippen LogP contribution in [0.3, 0.4) is 0 Å². The van der Waals surface area contributed by atoms with Crippen LogP contribution >= 0.6 is 0 Å². The van der Waals surface area contributed by atoms with Crippen molar-refractivity contribution in [1.82, 2.24) is 5.16 Å². The molecule has 4 rings (SSSR count). The van der Waals surface area contributed by atoms with Crippen LogP contribution in [0.1, 0.15) is 51.6 Å². The van der Waals surface area contributed by atoms with Gasteiger partial charge in [-0.1, -0.05) is 35.5 Å². The molecule has 162 valence electrons. The van der Waals surface area contributed by atoms with Crippen molar-refractivity contribution < 1.29 is 31.4 Å². The molecule has 0 radical (unpaired) electrons. The second-order valence-corrected chi connectivity index (χ2v) is 8.66. The predicted octanol–water partition coefficient (Wildman–Crippen LogP) is 5.01. The van der Waals surface area contributed by atoms with E-state index in [9.17, 15) is 22.2 Å². The SMILES string of the molecule is CS(=O)c1cc(OC(F)(F)F)ccc1Cc1ccccc1C(=O)c1cnoc1C1CC1. The van der Waals surface area contributed by atoms with Crippen LogP contribution in [0, 0.1) is 0 Å². The van der Waals surface area contributed by atoms with E-state index in [1.54, 1.807) is 24.3 Å². The fourth-order valence-electron chi connectivity index (χ4n) is 3.45. The van der Waals surface area contributed by atoms with Crippen molar-refractivity contribution in [3.63, 3.8) is 0 Å². The number of halogens is 3. The molecule has 1 aliphatic rings. The third-order valence-electron chi connectivity index (χ3n) is 5.02. The van der Waals surface area contributed by atoms with E-state index in [0.29, 0.717) is 28.0 Å². The van der Waals surface area contributed by atoms with Crippen LogP contribution in [0.5, 0.6) is 5.75 Å². The molecule has 1 fully saturated rings. The molecule has 1 heterocycles. The van der Waals surface area contributed by atoms with Crippen LogP contribution < -0.4 is 4.74 Å². The van der Waals surface area contributed by atoms with Gasteiger partial charge >= 0.3 is 6.36 Å². The van der Waals surface area contributed by atoms with Crippen LogP contribution in [0.2, 0.25) is 0 Å². The summed E-state index contributed by atoms with van der Waals surface area (Å²) in [5.74, 6) is 0.131. The Morgan fingerprint density at radius 1 is 1.16 bits per heavy atom. The maximum absolute atomic E-state index is 13.2. The third kappa shape index (κ3) is 4.87. The van der Waals surface area contributed by atoms with Crippen LogP contribution in [0.25, 0.3) is 0 Å². The van der Waals surface area contributed by atoms with E-state index in [4.69, 9.17) is 4.52 Å². The number of aromatic nitrogens is 1. The largest absolute Gasteiger partial charge is 0.573 e. The smallest absolute Gasteiger partial charge is 0.406 e. The van der Waals surface area contributed by atoms with E-state index in [-0.39, 0.29) is 23.0 Å². The molecule has 0 amide bonds. The minimum atomic E-state index is -4.84. The van der Waals surface area contributed by atoms with Gasteiger partial charge in [0.1, 0.15) is 5.75 Å². The standard InChI is InChI=1S/C22H18F3NO4S/c1-31(28)19-11-16(29-22(23,24)25)9-8-15(19)10-14-4-2-3-5-17(14)20(27)18-12-26-30-21(18)13-6-7-13/h2-5,8-9,11-13H,6-7,10H2,1H3. The van der Waals surface area contributed by atoms with Crippen molar-refractivity contribution in [2.24, 2.45) is 0 Å². The summed E-state index contributed by atoms with van der Waals surface area (Å²) in [6.07, 6.45) is 0.0806. The molecule has 0 aliphatic heterocycles. The highest BCUT2D eigenvalue weighted by Crippen LogP contribution is 2.42. The molecule has 1 aliphatic carbocycles. The molecule has 3 aromatic rings. The Morgan fingerprint density at radius 3 is 2.58 bits per heavy atom. The topological polar surface area (TPSA) is 69.4 Å². The molecule has 5 nitrogen and oxygen atoms in total. The molecule has 9 heteroatoms. The fourth-order valence-corrected chi connectivity index (χ4v) is 4.24. The highest BCUT2D eigenvalue weighted by atomic mass is 32.2. The molecular weight excluding hydrogens is 431 g/mol. The molecule has 31 heavy (non-hydrogen) atoms. The van der Waals surface area contributed by atoms with Crippen LogP contribution in [0.15, 0.2) is 58.1 Å². The number of nitrogens with zero attached hydrogens (tertiary/aromatic N) is 1. The first-order valence-corrected chi connectivity index (χ1v) is 11.1. The third-order valence-corrected chi connectivity index (χ3v) is 6.02. The zero-order chi connectivity index (χ0) is 22.2. The molecule has 2 aromatic carbocycles. The molecule has 1 aromatic heterocycles. The molecular formula is C22H18F3NO4S. The average molecular weight is 449 g/mol. The Balaban J connectivity index is 1.67. The Kier molecular flexibility index (Phi) is 5.70. The van der Waals surface area contributed by atoms with E-state index in [1.807, 2.05) is 0 Å². The molecule has 1 saturated carbocycles. The monoisotopic (exact) mass is 449 g/mol. The summed E-state index contributed by atoms with van der Waals surface area (Å²) in [6.45, 7) is 0. The summed E-state index contributed by atoms with van der Waals surface area (Å²) in [6, 6.07) is 10.7. The van der Waals surface area contributed by atoms with Crippen LogP contribution in [-0.2, 0) is 17.2 Å². The molecule has 0 N–H and O–H groups in total. The van der Waals surface area contributed by atoms with Gasteiger partial charge in [-0.3, -0.25) is 9.00 Å². The van der Waals surface area contributed by atoms with Crippen LogP contribution in [0.4, 0.5) is 13.2 Å². The van der Waals surface area contributed by atoms with Gasteiger partial charge in [0.25, 0.3) is 0 Å². The fraction of sp³-hybridized carbons (Fsp3) is 0.273. The second-order valence-electron chi connectivity index (χ2n) is 7.31. The second kappa shape index (κ2) is 8.30. The minimum Gasteiger partial charge on any atom is -0.406 e. The summed E-state index contributed by atoms with van der Waals surface area (Å²) < 4.78 is 59.0. The van der Waals surface area contributed by atoms with Crippen molar-refractivity contribution in [3.8, 4) is 5.75 Å². The van der Waals surface area contributed by atoms with Crippen molar-refractivity contribution >= 4 is 16.6 Å². The quantitative estimate of drug-likeness (QED) is 0.475. The van der Waals surface area contributed by atoms with Gasteiger partial charge in [-0.2, -0.15) is 0 Å². The van der Waals surface area contributed by atoms with E-state index >= 15 is 0 Å². The van der Waals surface area contributed by atoms with Crippen LogP contribution in [-0.4, -0.2) is 27.8 Å². The molecule has 0 spiro atoms. The first-order valence-electron chi connectivity index (χ1n) is 9.52. The lowest BCUT2D eigenvalue weighted by molar-refractivity contribution is -0.274. The van der Waals surface area contributed by atoms with Gasteiger partial charge in [0.15, 0.2) is 11.5 Å². The van der Waals surface area contributed by atoms with Crippen molar-refractivity contribution in [3.05, 3.63) is 76.7 Å². The lowest BCUT2D eigenvalue weighted by Crippen LogP contribution is -2.17. The zero-order valence-corrected chi connectivity index (χ0v) is 17.3. The summed E-state index contributed by atoms with van der Waals surface area (Å²) in [5, 5.41) is 3.78. The summed E-state index contributed by atoms with van der Waals surface area (Å²) in [7, 11) is -1.56. The van der Waals surface area contributed by atoms with E-state index in [1.165, 1.54) is 24.6 Å². The summed E-state index contributed by atoms with van der Waals surface area (Å²) in [5.41, 5.74) is 2.06. The number of hydrogen-bond acceptors (Lipinski definition) is 5. The molecule has 1 atom stereocenters. The van der Waals surface area contributed by atoms with Gasteiger partial charge in [0.05, 0.1) is 22.6 Å². The number of ether oxygens (including phenoxy) is 1. The van der Waals surface area contributed by atoms with Gasteiger partial charge < -0.3 is 9.26 Å². The first-order chi connectivity index (χ1) is 14.7. The molecule has 1 unspecified atom stereocenters. The predicted molar refractivity (Wildman–Crippen MR) is 107 cm³/mol. The van der Waals surface area contributed by atoms with E-state index < -0.39 is 22.9 Å². The Morgan fingerprint density at radius 2 is 1.90 bits per heavy atom. The summed E-state index contributed by atoms with van der Waals surface area (Å²) >= 11 is 0. The van der Waals surface area contributed by atoms with Crippen molar-refractivity contribution in [1.29, 1.82) is 0 Å². The number of carbonyl (C=O) groups excluding carboxylic acids is 1. The Labute approximate surface area is 178 Å². The number of alkyl halides is 3. The number of hydrogen-bond donors (Lipinski definition) is 0. The minimum absolute atomic E-state index is 0.212. The van der Waals surface area contributed by atoms with Crippen molar-refractivity contribution in [2.75, 3.05) is 6.26 Å². The number of rotatable bonds is 7. The number of benzene rings is 2. The Bertz CT molecular complexity index is 1150. The van der Waals surface area contributed by atoms with Gasteiger partial charge in [-0.25, -0.2) is 0 Å². The lowest BCUT2D eigenvalue weighted by atomic mass is 9.94. The van der Waals surface area contributed by atoms with E-state index in [2.05, 4.69) is 9.89 Å². The number of carbonyl (C=O) groups is 1. The zero-order valence-electron chi connectivity index (χ0n) is 16.4. The highest BCUT2D eigenvalue weighted by molar-refractivity contribution is 7.84. The number of ketones is 1. The summed E-state index contributed by atoms with van der Waals surface area (Å²) in [4.78, 5) is 13.4. The van der Waals surface area contributed by atoms with Gasteiger partial charge in [0, 0.05) is 22.6 Å². The molecule has 0 bridgehead atoms. The van der Waals surface area contributed by atoms with E-state index in [0.717, 1.165) is 18.9 Å².